The molecule has 1 unspecified atom stereocenters. The number of ether oxygens (including phenoxy) is 1. The van der Waals surface area contributed by atoms with Crippen LogP contribution in [0.25, 0.3) is 0 Å². The molecule has 0 heterocycles. The molecule has 0 saturated heterocycles. The van der Waals surface area contributed by atoms with Gasteiger partial charge in [0.2, 0.25) is 0 Å². The molecule has 1 N–H and O–H groups in total. The van der Waals surface area contributed by atoms with Crippen LogP contribution in [0.4, 0.5) is 0 Å². The molecule has 0 aromatic heterocycles. The average Bonchev–Trinajstić information content (AvgIpc) is 2.16. The second-order valence-electron chi connectivity index (χ2n) is 4.15. The first-order chi connectivity index (χ1) is 7.13. The summed E-state index contributed by atoms with van der Waals surface area (Å²) in [5.41, 5.74) is 2.53. The van der Waals surface area contributed by atoms with E-state index in [2.05, 4.69) is 50.4 Å². The second-order valence-corrected chi connectivity index (χ2v) is 4.15. The van der Waals surface area contributed by atoms with Crippen molar-refractivity contribution >= 4 is 0 Å². The van der Waals surface area contributed by atoms with E-state index in [0.717, 1.165) is 6.54 Å². The molecular weight excluding hydrogens is 186 g/mol. The van der Waals surface area contributed by atoms with Crippen molar-refractivity contribution in [2.75, 3.05) is 13.6 Å². The lowest BCUT2D eigenvalue weighted by molar-refractivity contribution is 0.00811. The number of aryl methyl sites for hydroxylation is 1. The third-order valence-electron chi connectivity index (χ3n) is 2.24. The predicted molar refractivity (Wildman–Crippen MR) is 64.1 cm³/mol. The van der Waals surface area contributed by atoms with Crippen LogP contribution in [0.1, 0.15) is 31.1 Å². The fourth-order valence-electron chi connectivity index (χ4n) is 1.63. The maximum atomic E-state index is 5.87. The van der Waals surface area contributed by atoms with Gasteiger partial charge in [0, 0.05) is 6.54 Å². The van der Waals surface area contributed by atoms with Crippen molar-refractivity contribution in [3.8, 4) is 0 Å². The van der Waals surface area contributed by atoms with Gasteiger partial charge < -0.3 is 10.1 Å². The molecule has 0 amide bonds. The lowest BCUT2D eigenvalue weighted by atomic mass is 10.1. The van der Waals surface area contributed by atoms with E-state index in [4.69, 9.17) is 4.74 Å². The summed E-state index contributed by atoms with van der Waals surface area (Å²) in [6.45, 7) is 7.09. The molecule has 1 aromatic carbocycles. The third-order valence-corrected chi connectivity index (χ3v) is 2.24. The largest absolute Gasteiger partial charge is 0.370 e. The van der Waals surface area contributed by atoms with Crippen LogP contribution in [0.3, 0.4) is 0 Å². The van der Waals surface area contributed by atoms with Gasteiger partial charge in [-0.1, -0.05) is 29.8 Å². The molecule has 0 radical (unpaired) electrons. The molecule has 0 aliphatic carbocycles. The van der Waals surface area contributed by atoms with E-state index >= 15 is 0 Å². The minimum absolute atomic E-state index is 0.148. The summed E-state index contributed by atoms with van der Waals surface area (Å²) in [5.74, 6) is 0. The number of rotatable bonds is 5. The van der Waals surface area contributed by atoms with Crippen molar-refractivity contribution < 1.29 is 4.74 Å². The first-order valence-electron chi connectivity index (χ1n) is 5.50. The van der Waals surface area contributed by atoms with Crippen molar-refractivity contribution in [1.82, 2.24) is 5.32 Å². The van der Waals surface area contributed by atoms with Crippen LogP contribution in [0.5, 0.6) is 0 Å². The summed E-state index contributed by atoms with van der Waals surface area (Å²) in [6, 6.07) is 8.49. The van der Waals surface area contributed by atoms with Gasteiger partial charge in [-0.3, -0.25) is 0 Å². The first-order valence-corrected chi connectivity index (χ1v) is 5.50. The highest BCUT2D eigenvalue weighted by Crippen LogP contribution is 2.19. The fraction of sp³-hybridized carbons (Fsp3) is 0.538. The van der Waals surface area contributed by atoms with Gasteiger partial charge in [-0.05, 0) is 33.4 Å². The number of hydrogen-bond acceptors (Lipinski definition) is 2. The lowest BCUT2D eigenvalue weighted by Gasteiger charge is -2.21. The molecule has 0 bridgehead atoms. The summed E-state index contributed by atoms with van der Waals surface area (Å²) >= 11 is 0. The molecule has 1 rings (SSSR count). The van der Waals surface area contributed by atoms with E-state index in [1.807, 2.05) is 7.05 Å². The van der Waals surface area contributed by atoms with Crippen LogP contribution >= 0.6 is 0 Å². The van der Waals surface area contributed by atoms with Gasteiger partial charge in [0.25, 0.3) is 0 Å². The summed E-state index contributed by atoms with van der Waals surface area (Å²) in [4.78, 5) is 0. The normalized spacial score (nSPS) is 13.1. The molecule has 84 valence electrons. The monoisotopic (exact) mass is 207 g/mol. The Morgan fingerprint density at radius 1 is 1.33 bits per heavy atom. The molecule has 0 aliphatic rings. The smallest absolute Gasteiger partial charge is 0.0952 e. The molecule has 1 atom stereocenters. The standard InChI is InChI=1S/C13H21NO/c1-10(2)15-13(9-14-4)12-7-5-6-11(3)8-12/h5-8,10,13-14H,9H2,1-4H3. The molecule has 0 saturated carbocycles. The first kappa shape index (κ1) is 12.2. The number of likely N-dealkylation sites (N-methyl/N-ethyl adjacent to an activating group) is 1. The molecular formula is C13H21NO. The van der Waals surface area contributed by atoms with Crippen LogP contribution in [0.15, 0.2) is 24.3 Å². The van der Waals surface area contributed by atoms with Crippen LogP contribution in [0, 0.1) is 6.92 Å². The fourth-order valence-corrected chi connectivity index (χ4v) is 1.63. The summed E-state index contributed by atoms with van der Waals surface area (Å²) < 4.78 is 5.87. The Morgan fingerprint density at radius 3 is 2.60 bits per heavy atom. The highest BCUT2D eigenvalue weighted by molar-refractivity contribution is 5.24. The van der Waals surface area contributed by atoms with Gasteiger partial charge in [0.1, 0.15) is 0 Å². The van der Waals surface area contributed by atoms with E-state index in [0.29, 0.717) is 0 Å². The number of benzene rings is 1. The van der Waals surface area contributed by atoms with Crippen LogP contribution in [0.2, 0.25) is 0 Å². The summed E-state index contributed by atoms with van der Waals surface area (Å²) in [7, 11) is 1.95. The third kappa shape index (κ3) is 4.02. The van der Waals surface area contributed by atoms with Gasteiger partial charge in [0.15, 0.2) is 0 Å². The predicted octanol–water partition coefficient (Wildman–Crippen LogP) is 2.68. The van der Waals surface area contributed by atoms with Crippen LogP contribution < -0.4 is 5.32 Å². The van der Waals surface area contributed by atoms with Crippen molar-refractivity contribution in [2.45, 2.75) is 33.0 Å². The minimum Gasteiger partial charge on any atom is -0.370 e. The maximum Gasteiger partial charge on any atom is 0.0952 e. The Kier molecular flexibility index (Phi) is 4.79. The zero-order valence-corrected chi connectivity index (χ0v) is 10.1. The molecule has 0 fully saturated rings. The summed E-state index contributed by atoms with van der Waals surface area (Å²) in [5, 5.41) is 3.17. The van der Waals surface area contributed by atoms with Gasteiger partial charge in [-0.2, -0.15) is 0 Å². The van der Waals surface area contributed by atoms with Crippen molar-refractivity contribution in [3.63, 3.8) is 0 Å². The number of hydrogen-bond donors (Lipinski definition) is 1. The van der Waals surface area contributed by atoms with Crippen molar-refractivity contribution in [1.29, 1.82) is 0 Å². The van der Waals surface area contributed by atoms with Gasteiger partial charge in [0.05, 0.1) is 12.2 Å². The Morgan fingerprint density at radius 2 is 2.07 bits per heavy atom. The SMILES string of the molecule is CNCC(OC(C)C)c1cccc(C)c1. The van der Waals surface area contributed by atoms with Crippen LogP contribution in [-0.4, -0.2) is 19.7 Å². The van der Waals surface area contributed by atoms with E-state index in [9.17, 15) is 0 Å². The zero-order chi connectivity index (χ0) is 11.3. The van der Waals surface area contributed by atoms with Gasteiger partial charge in [-0.25, -0.2) is 0 Å². The van der Waals surface area contributed by atoms with E-state index in [-0.39, 0.29) is 12.2 Å². The molecule has 1 aromatic rings. The highest BCUT2D eigenvalue weighted by atomic mass is 16.5. The van der Waals surface area contributed by atoms with Gasteiger partial charge in [-0.15, -0.1) is 0 Å². The van der Waals surface area contributed by atoms with Crippen LogP contribution in [-0.2, 0) is 4.74 Å². The Hall–Kier alpha value is -0.860. The van der Waals surface area contributed by atoms with Crippen molar-refractivity contribution in [3.05, 3.63) is 35.4 Å². The van der Waals surface area contributed by atoms with E-state index < -0.39 is 0 Å². The molecule has 2 heteroatoms. The Bertz CT molecular complexity index is 296. The topological polar surface area (TPSA) is 21.3 Å². The maximum absolute atomic E-state index is 5.87. The summed E-state index contributed by atoms with van der Waals surface area (Å²) in [6.07, 6.45) is 0.402. The van der Waals surface area contributed by atoms with Crippen molar-refractivity contribution in [2.24, 2.45) is 0 Å². The zero-order valence-electron chi connectivity index (χ0n) is 10.1. The Labute approximate surface area is 92.6 Å². The second kappa shape index (κ2) is 5.89. The van der Waals surface area contributed by atoms with E-state index in [1.165, 1.54) is 11.1 Å². The van der Waals surface area contributed by atoms with E-state index in [1.54, 1.807) is 0 Å². The minimum atomic E-state index is 0.148. The lowest BCUT2D eigenvalue weighted by Crippen LogP contribution is -2.22. The molecule has 15 heavy (non-hydrogen) atoms. The Balaban J connectivity index is 2.78. The average molecular weight is 207 g/mol. The highest BCUT2D eigenvalue weighted by Gasteiger charge is 2.12. The van der Waals surface area contributed by atoms with Gasteiger partial charge >= 0.3 is 0 Å². The molecule has 2 nitrogen and oxygen atoms in total. The quantitative estimate of drug-likeness (QED) is 0.801. The number of nitrogens with one attached hydrogen (secondary N) is 1. The molecule has 0 aliphatic heterocycles. The molecule has 0 spiro atoms.